The summed E-state index contributed by atoms with van der Waals surface area (Å²) in [6.07, 6.45) is 2.99. The summed E-state index contributed by atoms with van der Waals surface area (Å²) in [4.78, 5) is 17.0. The van der Waals surface area contributed by atoms with Gasteiger partial charge in [0, 0.05) is 0 Å². The second kappa shape index (κ2) is 7.60. The van der Waals surface area contributed by atoms with Gasteiger partial charge in [-0.2, -0.15) is 11.8 Å². The highest BCUT2D eigenvalue weighted by Crippen LogP contribution is 2.22. The van der Waals surface area contributed by atoms with Crippen LogP contribution in [-0.2, 0) is 27.1 Å². The van der Waals surface area contributed by atoms with Gasteiger partial charge in [-0.15, -0.1) is 10.2 Å². The lowest BCUT2D eigenvalue weighted by molar-refractivity contribution is -0.116. The minimum atomic E-state index is -3.44. The third kappa shape index (κ3) is 4.51. The molecule has 138 valence electrons. The number of amides is 1. The molecule has 0 aliphatic heterocycles. The number of hydrogen-bond acceptors (Lipinski definition) is 8. The molecule has 2 aromatic heterocycles. The first-order chi connectivity index (χ1) is 12.4. The molecule has 9 nitrogen and oxygen atoms in total. The SMILES string of the molecule is CSCc1nc2ccccc2n1CC(=O)Nc1nnc(NS(C)(=O)=O)s1. The van der Waals surface area contributed by atoms with Gasteiger partial charge in [-0.25, -0.2) is 13.4 Å². The average Bonchev–Trinajstić information content (AvgIpc) is 3.11. The van der Waals surface area contributed by atoms with Crippen molar-refractivity contribution >= 4 is 60.3 Å². The van der Waals surface area contributed by atoms with E-state index < -0.39 is 10.0 Å². The number of imidazole rings is 1. The quantitative estimate of drug-likeness (QED) is 0.607. The Morgan fingerprint density at radius 1 is 1.27 bits per heavy atom. The van der Waals surface area contributed by atoms with Crippen molar-refractivity contribution in [3.05, 3.63) is 30.1 Å². The first-order valence-electron chi connectivity index (χ1n) is 7.40. The largest absolute Gasteiger partial charge is 0.318 e. The van der Waals surface area contributed by atoms with Crippen LogP contribution in [0.2, 0.25) is 0 Å². The maximum absolute atomic E-state index is 12.4. The van der Waals surface area contributed by atoms with E-state index >= 15 is 0 Å². The van der Waals surface area contributed by atoms with Crippen molar-refractivity contribution in [1.29, 1.82) is 0 Å². The molecule has 0 saturated carbocycles. The molecule has 0 radical (unpaired) electrons. The van der Waals surface area contributed by atoms with Gasteiger partial charge in [-0.1, -0.05) is 23.5 Å². The molecule has 12 heteroatoms. The lowest BCUT2D eigenvalue weighted by Crippen LogP contribution is -2.20. The number of nitrogens with one attached hydrogen (secondary N) is 2. The number of anilines is 2. The second-order valence-corrected chi connectivity index (χ2v) is 8.96. The van der Waals surface area contributed by atoms with E-state index in [0.717, 1.165) is 34.5 Å². The summed E-state index contributed by atoms with van der Waals surface area (Å²) < 4.78 is 26.5. The minimum Gasteiger partial charge on any atom is -0.318 e. The molecule has 0 spiro atoms. The van der Waals surface area contributed by atoms with Gasteiger partial charge in [0.2, 0.25) is 26.2 Å². The maximum atomic E-state index is 12.4. The summed E-state index contributed by atoms with van der Waals surface area (Å²) in [6.45, 7) is 0.0742. The van der Waals surface area contributed by atoms with Crippen LogP contribution in [-0.4, -0.2) is 46.6 Å². The Hall–Kier alpha value is -2.18. The number of aromatic nitrogens is 4. The number of benzene rings is 1. The standard InChI is InChI=1S/C14H16N6O3S3/c1-24-8-11-15-9-5-3-4-6-10(9)20(11)7-12(21)16-13-17-18-14(25-13)19-26(2,22)23/h3-6H,7-8H2,1-2H3,(H,18,19)(H,16,17,21). The van der Waals surface area contributed by atoms with E-state index in [2.05, 4.69) is 25.2 Å². The van der Waals surface area contributed by atoms with E-state index in [1.165, 1.54) is 0 Å². The van der Waals surface area contributed by atoms with Gasteiger partial charge in [0.15, 0.2) is 0 Å². The van der Waals surface area contributed by atoms with Gasteiger partial charge < -0.3 is 4.57 Å². The van der Waals surface area contributed by atoms with Crippen LogP contribution in [0.1, 0.15) is 5.82 Å². The van der Waals surface area contributed by atoms with Crippen molar-refractivity contribution in [2.45, 2.75) is 12.3 Å². The molecule has 0 unspecified atom stereocenters. The fourth-order valence-electron chi connectivity index (χ4n) is 2.32. The summed E-state index contributed by atoms with van der Waals surface area (Å²) in [7, 11) is -3.44. The summed E-state index contributed by atoms with van der Waals surface area (Å²) in [6, 6.07) is 7.62. The Morgan fingerprint density at radius 2 is 2.00 bits per heavy atom. The Balaban J connectivity index is 1.76. The number of fused-ring (bicyclic) bond motifs is 1. The first kappa shape index (κ1) is 18.6. The van der Waals surface area contributed by atoms with Crippen molar-refractivity contribution in [3.63, 3.8) is 0 Å². The molecule has 3 aromatic rings. The van der Waals surface area contributed by atoms with Crippen LogP contribution >= 0.6 is 23.1 Å². The third-order valence-electron chi connectivity index (χ3n) is 3.25. The number of carbonyl (C=O) groups is 1. The molecule has 2 N–H and O–H groups in total. The summed E-state index contributed by atoms with van der Waals surface area (Å²) >= 11 is 2.57. The number of hydrogen-bond donors (Lipinski definition) is 2. The Morgan fingerprint density at radius 3 is 2.73 bits per heavy atom. The maximum Gasteiger partial charge on any atom is 0.246 e. The van der Waals surface area contributed by atoms with Crippen molar-refractivity contribution < 1.29 is 13.2 Å². The number of thioether (sulfide) groups is 1. The van der Waals surface area contributed by atoms with Gasteiger partial charge in [-0.05, 0) is 18.4 Å². The molecule has 0 atom stereocenters. The Labute approximate surface area is 158 Å². The van der Waals surface area contributed by atoms with Crippen LogP contribution < -0.4 is 10.0 Å². The zero-order chi connectivity index (χ0) is 18.7. The zero-order valence-corrected chi connectivity index (χ0v) is 16.4. The molecule has 3 rings (SSSR count). The van der Waals surface area contributed by atoms with E-state index in [1.807, 2.05) is 35.1 Å². The third-order valence-corrected chi connectivity index (χ3v) is 5.25. The molecule has 1 amide bonds. The number of para-hydroxylation sites is 2. The smallest absolute Gasteiger partial charge is 0.246 e. The van der Waals surface area contributed by atoms with E-state index in [1.54, 1.807) is 11.8 Å². The molecule has 0 aliphatic rings. The van der Waals surface area contributed by atoms with Gasteiger partial charge in [-0.3, -0.25) is 14.8 Å². The lowest BCUT2D eigenvalue weighted by Gasteiger charge is -2.08. The van der Waals surface area contributed by atoms with E-state index in [0.29, 0.717) is 5.75 Å². The molecule has 2 heterocycles. The lowest BCUT2D eigenvalue weighted by atomic mass is 10.3. The van der Waals surface area contributed by atoms with Crippen LogP contribution in [0, 0.1) is 0 Å². The van der Waals surface area contributed by atoms with Gasteiger partial charge in [0.1, 0.15) is 12.4 Å². The normalized spacial score (nSPS) is 11.6. The summed E-state index contributed by atoms with van der Waals surface area (Å²) in [5.41, 5.74) is 1.71. The van der Waals surface area contributed by atoms with Crippen molar-refractivity contribution in [2.24, 2.45) is 0 Å². The summed E-state index contributed by atoms with van der Waals surface area (Å²) in [5.74, 6) is 1.20. The van der Waals surface area contributed by atoms with E-state index in [-0.39, 0.29) is 22.7 Å². The molecular formula is C14H16N6O3S3. The minimum absolute atomic E-state index is 0.0742. The monoisotopic (exact) mass is 412 g/mol. The number of carbonyl (C=O) groups excluding carboxylic acids is 1. The Bertz CT molecular complexity index is 1040. The fourth-order valence-corrected chi connectivity index (χ4v) is 4.29. The molecule has 0 bridgehead atoms. The highest BCUT2D eigenvalue weighted by Gasteiger charge is 2.15. The fraction of sp³-hybridized carbons (Fsp3) is 0.286. The predicted molar refractivity (Wildman–Crippen MR) is 104 cm³/mol. The predicted octanol–water partition coefficient (Wildman–Crippen LogP) is 1.76. The molecule has 1 aromatic carbocycles. The van der Waals surface area contributed by atoms with Crippen LogP contribution in [0.4, 0.5) is 10.3 Å². The van der Waals surface area contributed by atoms with Crippen LogP contribution in [0.5, 0.6) is 0 Å². The van der Waals surface area contributed by atoms with Gasteiger partial charge in [0.05, 0.1) is 23.0 Å². The van der Waals surface area contributed by atoms with Crippen LogP contribution in [0.3, 0.4) is 0 Å². The average molecular weight is 413 g/mol. The van der Waals surface area contributed by atoms with Crippen molar-refractivity contribution in [3.8, 4) is 0 Å². The molecular weight excluding hydrogens is 396 g/mol. The molecule has 0 fully saturated rings. The highest BCUT2D eigenvalue weighted by atomic mass is 32.2. The topological polar surface area (TPSA) is 119 Å². The number of sulfonamides is 1. The second-order valence-electron chi connectivity index (χ2n) is 5.37. The summed E-state index contributed by atoms with van der Waals surface area (Å²) in [5, 5.41) is 10.4. The van der Waals surface area contributed by atoms with Gasteiger partial charge in [0.25, 0.3) is 0 Å². The van der Waals surface area contributed by atoms with Crippen LogP contribution in [0.15, 0.2) is 24.3 Å². The number of rotatable bonds is 7. The molecule has 0 saturated heterocycles. The van der Waals surface area contributed by atoms with E-state index in [9.17, 15) is 13.2 Å². The van der Waals surface area contributed by atoms with E-state index in [4.69, 9.17) is 0 Å². The molecule has 26 heavy (non-hydrogen) atoms. The van der Waals surface area contributed by atoms with Gasteiger partial charge >= 0.3 is 0 Å². The van der Waals surface area contributed by atoms with Crippen molar-refractivity contribution in [1.82, 2.24) is 19.7 Å². The molecule has 0 aliphatic carbocycles. The first-order valence-corrected chi connectivity index (χ1v) is 11.5. The highest BCUT2D eigenvalue weighted by molar-refractivity contribution is 7.97. The van der Waals surface area contributed by atoms with Crippen LogP contribution in [0.25, 0.3) is 11.0 Å². The zero-order valence-electron chi connectivity index (χ0n) is 14.0. The van der Waals surface area contributed by atoms with Crippen molar-refractivity contribution in [2.75, 3.05) is 22.6 Å². The Kier molecular flexibility index (Phi) is 5.44. The number of nitrogens with zero attached hydrogens (tertiary/aromatic N) is 4.